The predicted molar refractivity (Wildman–Crippen MR) is 116 cm³/mol. The van der Waals surface area contributed by atoms with Crippen LogP contribution in [-0.4, -0.2) is 56.6 Å². The maximum atomic E-state index is 12.2. The highest BCUT2D eigenvalue weighted by Crippen LogP contribution is 2.30. The maximum Gasteiger partial charge on any atom is 0.284 e. The van der Waals surface area contributed by atoms with E-state index >= 15 is 0 Å². The van der Waals surface area contributed by atoms with Crippen molar-refractivity contribution in [2.45, 2.75) is 25.0 Å². The Bertz CT molecular complexity index is 956. The van der Waals surface area contributed by atoms with Crippen molar-refractivity contribution in [3.63, 3.8) is 0 Å². The molecule has 168 valence electrons. The number of nitrogens with one attached hydrogen (secondary N) is 2. The van der Waals surface area contributed by atoms with Gasteiger partial charge in [-0.05, 0) is 54.8 Å². The summed E-state index contributed by atoms with van der Waals surface area (Å²) in [6, 6.07) is 14.2. The molecule has 0 aliphatic carbocycles. The van der Waals surface area contributed by atoms with Crippen molar-refractivity contribution in [2.24, 2.45) is 5.10 Å². The highest BCUT2D eigenvalue weighted by Gasteiger charge is 2.27. The first kappa shape index (κ1) is 21.6. The smallest absolute Gasteiger partial charge is 0.284 e. The number of hydrogen-bond acceptors (Lipinski definition) is 7. The largest absolute Gasteiger partial charge is 0.485 e. The molecule has 0 unspecified atom stereocenters. The first-order valence-corrected chi connectivity index (χ1v) is 10.5. The molecular weight excluding hydrogens is 414 g/mol. The molecular formula is C23H25N3O6. The van der Waals surface area contributed by atoms with Crippen LogP contribution in [0.2, 0.25) is 0 Å². The van der Waals surface area contributed by atoms with Gasteiger partial charge in [0, 0.05) is 13.2 Å². The Balaban J connectivity index is 1.18. The molecule has 0 aromatic heterocycles. The number of benzene rings is 2. The number of ether oxygens (including phenoxy) is 4. The molecule has 1 fully saturated rings. The molecule has 1 saturated heterocycles. The second-order valence-corrected chi connectivity index (χ2v) is 7.40. The van der Waals surface area contributed by atoms with Gasteiger partial charge in [0.05, 0.1) is 12.3 Å². The lowest BCUT2D eigenvalue weighted by Crippen LogP contribution is -2.42. The molecule has 2 atom stereocenters. The van der Waals surface area contributed by atoms with E-state index in [1.165, 1.54) is 6.21 Å². The Morgan fingerprint density at radius 3 is 2.72 bits per heavy atom. The molecule has 4 rings (SSSR count). The molecule has 9 nitrogen and oxygen atoms in total. The van der Waals surface area contributed by atoms with E-state index in [2.05, 4.69) is 15.8 Å². The summed E-state index contributed by atoms with van der Waals surface area (Å²) in [6.45, 7) is 1.32. The van der Waals surface area contributed by atoms with Gasteiger partial charge in [0.15, 0.2) is 18.1 Å². The Kier molecular flexibility index (Phi) is 7.19. The minimum Gasteiger partial charge on any atom is -0.485 e. The summed E-state index contributed by atoms with van der Waals surface area (Å²) in [5, 5.41) is 6.77. The van der Waals surface area contributed by atoms with E-state index in [1.807, 2.05) is 12.1 Å². The summed E-state index contributed by atoms with van der Waals surface area (Å²) in [5.74, 6) is 1.11. The number of carbonyl (C=O) groups excluding carboxylic acids is 2. The van der Waals surface area contributed by atoms with Crippen LogP contribution in [0.3, 0.4) is 0 Å². The van der Waals surface area contributed by atoms with Crippen molar-refractivity contribution in [3.05, 3.63) is 54.1 Å². The Hall–Kier alpha value is -3.59. The van der Waals surface area contributed by atoms with Crippen LogP contribution in [0.25, 0.3) is 0 Å². The van der Waals surface area contributed by atoms with Crippen LogP contribution >= 0.6 is 0 Å². The second kappa shape index (κ2) is 10.6. The van der Waals surface area contributed by atoms with Crippen molar-refractivity contribution in [1.29, 1.82) is 0 Å². The summed E-state index contributed by atoms with van der Waals surface area (Å²) < 4.78 is 22.1. The van der Waals surface area contributed by atoms with Crippen LogP contribution in [0.1, 0.15) is 18.4 Å². The molecule has 2 heterocycles. The Morgan fingerprint density at radius 2 is 1.94 bits per heavy atom. The highest BCUT2D eigenvalue weighted by atomic mass is 16.6. The number of para-hydroxylation sites is 2. The van der Waals surface area contributed by atoms with Gasteiger partial charge in [-0.25, -0.2) is 5.43 Å². The van der Waals surface area contributed by atoms with Crippen molar-refractivity contribution in [1.82, 2.24) is 10.7 Å². The van der Waals surface area contributed by atoms with E-state index in [1.54, 1.807) is 36.4 Å². The maximum absolute atomic E-state index is 12.2. The molecule has 2 amide bonds. The highest BCUT2D eigenvalue weighted by molar-refractivity contribution is 5.85. The summed E-state index contributed by atoms with van der Waals surface area (Å²) in [6.07, 6.45) is 2.84. The van der Waals surface area contributed by atoms with E-state index in [9.17, 15) is 9.59 Å². The monoisotopic (exact) mass is 439 g/mol. The van der Waals surface area contributed by atoms with Gasteiger partial charge < -0.3 is 24.3 Å². The van der Waals surface area contributed by atoms with E-state index in [0.29, 0.717) is 23.8 Å². The molecule has 0 bridgehead atoms. The average Bonchev–Trinajstić information content (AvgIpc) is 3.35. The van der Waals surface area contributed by atoms with Crippen molar-refractivity contribution in [2.75, 3.05) is 26.4 Å². The number of carbonyl (C=O) groups is 2. The third-order valence-electron chi connectivity index (χ3n) is 4.99. The van der Waals surface area contributed by atoms with E-state index in [4.69, 9.17) is 18.9 Å². The van der Waals surface area contributed by atoms with Crippen LogP contribution < -0.4 is 25.0 Å². The number of fused-ring (bicyclic) bond motifs is 1. The number of nitrogens with zero attached hydrogens (tertiary/aromatic N) is 1. The molecule has 0 spiro atoms. The first-order chi connectivity index (χ1) is 15.7. The fourth-order valence-electron chi connectivity index (χ4n) is 3.27. The Morgan fingerprint density at radius 1 is 1.12 bits per heavy atom. The van der Waals surface area contributed by atoms with Gasteiger partial charge in [-0.3, -0.25) is 9.59 Å². The Labute approximate surface area is 185 Å². The minimum atomic E-state index is -0.774. The summed E-state index contributed by atoms with van der Waals surface area (Å²) >= 11 is 0. The number of hydrogen-bond donors (Lipinski definition) is 2. The molecule has 2 aromatic rings. The first-order valence-electron chi connectivity index (χ1n) is 10.5. The van der Waals surface area contributed by atoms with Crippen LogP contribution in [0.5, 0.6) is 17.2 Å². The van der Waals surface area contributed by atoms with E-state index < -0.39 is 12.0 Å². The van der Waals surface area contributed by atoms with Gasteiger partial charge in [0.1, 0.15) is 12.4 Å². The van der Waals surface area contributed by atoms with Gasteiger partial charge in [-0.1, -0.05) is 12.1 Å². The van der Waals surface area contributed by atoms with E-state index in [-0.39, 0.29) is 25.2 Å². The van der Waals surface area contributed by atoms with Gasteiger partial charge in [0.2, 0.25) is 6.10 Å². The molecule has 0 saturated carbocycles. The molecule has 9 heteroatoms. The van der Waals surface area contributed by atoms with E-state index in [0.717, 1.165) is 25.0 Å². The third kappa shape index (κ3) is 5.98. The van der Waals surface area contributed by atoms with Gasteiger partial charge in [0.25, 0.3) is 11.8 Å². The normalized spacial score (nSPS) is 19.5. The topological polar surface area (TPSA) is 107 Å². The lowest BCUT2D eigenvalue weighted by molar-refractivity contribution is -0.130. The number of hydrazone groups is 1. The zero-order chi connectivity index (χ0) is 22.2. The molecule has 2 aromatic carbocycles. The van der Waals surface area contributed by atoms with Crippen molar-refractivity contribution >= 4 is 18.0 Å². The number of amides is 2. The zero-order valence-corrected chi connectivity index (χ0v) is 17.5. The summed E-state index contributed by atoms with van der Waals surface area (Å²) in [7, 11) is 0. The van der Waals surface area contributed by atoms with Crippen LogP contribution in [0.4, 0.5) is 0 Å². The molecule has 32 heavy (non-hydrogen) atoms. The minimum absolute atomic E-state index is 0.0667. The molecule has 2 aliphatic heterocycles. The molecule has 0 radical (unpaired) electrons. The number of rotatable bonds is 8. The average molecular weight is 439 g/mol. The molecule has 2 aliphatic rings. The van der Waals surface area contributed by atoms with Crippen LogP contribution in [-0.2, 0) is 14.3 Å². The SMILES string of the molecule is O=C(COc1ccc(/C=N\NC(=O)[C@@H]2COc3ccccc3O2)cc1)NC[C@@H]1CCCO1. The van der Waals surface area contributed by atoms with Gasteiger partial charge >= 0.3 is 0 Å². The van der Waals surface area contributed by atoms with Gasteiger partial charge in [-0.15, -0.1) is 0 Å². The second-order valence-electron chi connectivity index (χ2n) is 7.40. The summed E-state index contributed by atoms with van der Waals surface area (Å²) in [5.41, 5.74) is 3.21. The lowest BCUT2D eigenvalue weighted by Gasteiger charge is -2.24. The van der Waals surface area contributed by atoms with Gasteiger partial charge in [-0.2, -0.15) is 5.10 Å². The fourth-order valence-corrected chi connectivity index (χ4v) is 3.27. The predicted octanol–water partition coefficient (Wildman–Crippen LogP) is 1.65. The fraction of sp³-hybridized carbons (Fsp3) is 0.348. The van der Waals surface area contributed by atoms with Crippen molar-refractivity contribution in [3.8, 4) is 17.2 Å². The molecule has 2 N–H and O–H groups in total. The van der Waals surface area contributed by atoms with Crippen molar-refractivity contribution < 1.29 is 28.5 Å². The van der Waals surface area contributed by atoms with Crippen LogP contribution in [0.15, 0.2) is 53.6 Å². The zero-order valence-electron chi connectivity index (χ0n) is 17.5. The quantitative estimate of drug-likeness (QED) is 0.478. The third-order valence-corrected chi connectivity index (χ3v) is 4.99. The summed E-state index contributed by atoms with van der Waals surface area (Å²) in [4.78, 5) is 24.1. The lowest BCUT2D eigenvalue weighted by atomic mass is 10.2. The standard InChI is InChI=1S/C23H25N3O6/c27-22(24-13-18-4-3-11-29-18)15-30-17-9-7-16(8-10-17)12-25-26-23(28)21-14-31-19-5-1-2-6-20(19)32-21/h1-2,5-10,12,18,21H,3-4,11,13-15H2,(H,24,27)(H,26,28)/b25-12-/t18-,21-/m0/s1. The van der Waals surface area contributed by atoms with Crippen LogP contribution in [0, 0.1) is 0 Å².